The van der Waals surface area contributed by atoms with Crippen molar-refractivity contribution < 1.29 is 18.1 Å². The van der Waals surface area contributed by atoms with Crippen molar-refractivity contribution in [3.63, 3.8) is 0 Å². The Morgan fingerprint density at radius 2 is 1.88 bits per heavy atom. The van der Waals surface area contributed by atoms with E-state index in [4.69, 9.17) is 0 Å². The van der Waals surface area contributed by atoms with Crippen molar-refractivity contribution in [2.75, 3.05) is 17.1 Å². The van der Waals surface area contributed by atoms with Crippen LogP contribution in [-0.2, 0) is 14.8 Å². The predicted octanol–water partition coefficient (Wildman–Crippen LogP) is 3.68. The van der Waals surface area contributed by atoms with Gasteiger partial charge in [0.15, 0.2) is 0 Å². The lowest BCUT2D eigenvalue weighted by atomic mass is 10.2. The molecular weight excluding hydrogens is 526 g/mol. The Kier molecular flexibility index (Phi) is 7.52. The van der Waals surface area contributed by atoms with Gasteiger partial charge >= 0.3 is 0 Å². The van der Waals surface area contributed by atoms with E-state index in [2.05, 4.69) is 26.5 Å². The minimum Gasteiger partial charge on any atom is -0.318 e. The summed E-state index contributed by atoms with van der Waals surface area (Å²) in [7, 11) is -3.88. The summed E-state index contributed by atoms with van der Waals surface area (Å²) in [5.74, 6) is -0.699. The fourth-order valence-electron chi connectivity index (χ4n) is 3.41. The third-order valence-electron chi connectivity index (χ3n) is 4.96. The Hall–Kier alpha value is -3.51. The Bertz CT molecular complexity index is 1370. The average molecular weight is 548 g/mol. The molecule has 1 amide bonds. The molecular formula is C22H22BrN5O5S. The summed E-state index contributed by atoms with van der Waals surface area (Å²) in [5.41, 5.74) is 5.68. The Morgan fingerprint density at radius 3 is 2.50 bits per heavy atom. The van der Waals surface area contributed by atoms with E-state index in [0.717, 1.165) is 43.7 Å². The van der Waals surface area contributed by atoms with Gasteiger partial charge in [-0.15, -0.1) is 0 Å². The molecule has 3 aromatic rings. The van der Waals surface area contributed by atoms with Crippen LogP contribution in [0.25, 0.3) is 5.69 Å². The normalized spacial score (nSPS) is 11.5. The fourth-order valence-corrected chi connectivity index (χ4v) is 4.52. The number of sulfonamides is 1. The molecule has 12 heteroatoms. The van der Waals surface area contributed by atoms with E-state index >= 15 is 0 Å². The molecule has 0 saturated heterocycles. The number of benzene rings is 2. The topological polar surface area (TPSA) is 127 Å². The first kappa shape index (κ1) is 25.1. The predicted molar refractivity (Wildman–Crippen MR) is 134 cm³/mol. The zero-order valence-corrected chi connectivity index (χ0v) is 21.0. The molecule has 10 nitrogen and oxygen atoms in total. The van der Waals surface area contributed by atoms with E-state index < -0.39 is 27.4 Å². The number of carbonyl (C=O) groups is 1. The number of anilines is 1. The van der Waals surface area contributed by atoms with Gasteiger partial charge in [-0.05, 0) is 50.2 Å². The van der Waals surface area contributed by atoms with Gasteiger partial charge in [-0.25, -0.2) is 13.8 Å². The average Bonchev–Trinajstić information content (AvgIpc) is 3.05. The highest BCUT2D eigenvalue weighted by Gasteiger charge is 2.22. The van der Waals surface area contributed by atoms with E-state index in [1.807, 2.05) is 48.7 Å². The second kappa shape index (κ2) is 10.2. The lowest BCUT2D eigenvalue weighted by Crippen LogP contribution is -2.39. The van der Waals surface area contributed by atoms with E-state index in [0.29, 0.717) is 0 Å². The number of hydrogen-bond acceptors (Lipinski definition) is 6. The molecule has 34 heavy (non-hydrogen) atoms. The van der Waals surface area contributed by atoms with Gasteiger partial charge in [-0.2, -0.15) is 5.10 Å². The summed E-state index contributed by atoms with van der Waals surface area (Å²) in [6.07, 6.45) is 2.40. The first-order valence-electron chi connectivity index (χ1n) is 9.96. The molecule has 0 fully saturated rings. The molecule has 0 bridgehead atoms. The summed E-state index contributed by atoms with van der Waals surface area (Å²) in [6, 6.07) is 14.8. The maximum atomic E-state index is 12.4. The smallest absolute Gasteiger partial charge is 0.271 e. The lowest BCUT2D eigenvalue weighted by molar-refractivity contribution is -0.384. The minimum atomic E-state index is -3.88. The van der Waals surface area contributed by atoms with Crippen molar-refractivity contribution in [3.05, 3.63) is 86.1 Å². The van der Waals surface area contributed by atoms with Crippen LogP contribution in [0.4, 0.5) is 11.4 Å². The summed E-state index contributed by atoms with van der Waals surface area (Å²) in [4.78, 5) is 22.8. The molecule has 0 aliphatic carbocycles. The van der Waals surface area contributed by atoms with E-state index in [9.17, 15) is 23.3 Å². The number of non-ortho nitro benzene ring substituents is 1. The molecule has 0 saturated carbocycles. The molecule has 0 spiro atoms. The van der Waals surface area contributed by atoms with Crippen LogP contribution in [0.2, 0.25) is 0 Å². The maximum Gasteiger partial charge on any atom is 0.271 e. The summed E-state index contributed by atoms with van der Waals surface area (Å²) >= 11 is 3.42. The van der Waals surface area contributed by atoms with Gasteiger partial charge in [0, 0.05) is 39.2 Å². The van der Waals surface area contributed by atoms with Gasteiger partial charge in [0.2, 0.25) is 10.0 Å². The molecule has 1 heterocycles. The van der Waals surface area contributed by atoms with E-state index in [-0.39, 0.29) is 11.4 Å². The highest BCUT2D eigenvalue weighted by molar-refractivity contribution is 9.10. The Morgan fingerprint density at radius 1 is 1.21 bits per heavy atom. The standard InChI is InChI=1S/C22H22BrN5O5S/c1-15-11-17(16(2)27(15)19-9-7-18(23)8-10-19)13-24-25-22(29)14-26(34(3,32)33)20-5-4-6-21(12-20)28(30)31/h4-13H,14H2,1-3H3,(H,25,29)/b24-13-. The minimum absolute atomic E-state index is 0.00822. The molecule has 2 aromatic carbocycles. The number of carbonyl (C=O) groups excluding carboxylic acids is 1. The Balaban J connectivity index is 1.75. The number of hydrogen-bond donors (Lipinski definition) is 1. The number of nitrogens with zero attached hydrogens (tertiary/aromatic N) is 4. The quantitative estimate of drug-likeness (QED) is 0.261. The molecule has 0 aliphatic rings. The van der Waals surface area contributed by atoms with Crippen molar-refractivity contribution in [1.82, 2.24) is 9.99 Å². The van der Waals surface area contributed by atoms with Gasteiger partial charge in [0.05, 0.1) is 23.1 Å². The Labute approximate surface area is 205 Å². The molecule has 0 radical (unpaired) electrons. The third-order valence-corrected chi connectivity index (χ3v) is 6.63. The fraction of sp³-hybridized carbons (Fsp3) is 0.182. The number of nitrogens with one attached hydrogen (secondary N) is 1. The van der Waals surface area contributed by atoms with Crippen LogP contribution in [0, 0.1) is 24.0 Å². The molecule has 3 rings (SSSR count). The van der Waals surface area contributed by atoms with Crippen molar-refractivity contribution in [1.29, 1.82) is 0 Å². The van der Waals surface area contributed by atoms with Crippen molar-refractivity contribution in [3.8, 4) is 5.69 Å². The summed E-state index contributed by atoms with van der Waals surface area (Å²) in [5, 5.41) is 15.0. The zero-order valence-electron chi connectivity index (χ0n) is 18.6. The van der Waals surface area contributed by atoms with E-state index in [1.54, 1.807) is 0 Å². The number of halogens is 1. The van der Waals surface area contributed by atoms with Gasteiger partial charge in [-0.1, -0.05) is 22.0 Å². The number of rotatable bonds is 8. The van der Waals surface area contributed by atoms with Crippen LogP contribution in [0.15, 0.2) is 64.2 Å². The highest BCUT2D eigenvalue weighted by atomic mass is 79.9. The number of nitro groups is 1. The van der Waals surface area contributed by atoms with Crippen LogP contribution in [0.5, 0.6) is 0 Å². The molecule has 0 atom stereocenters. The SMILES string of the molecule is Cc1cc(/C=N\NC(=O)CN(c2cccc([N+](=O)[O-])c2)S(C)(=O)=O)c(C)n1-c1ccc(Br)cc1. The number of hydrazone groups is 1. The molecule has 0 unspecified atom stereocenters. The van der Waals surface area contributed by atoms with E-state index in [1.165, 1.54) is 24.4 Å². The zero-order chi connectivity index (χ0) is 25.0. The largest absolute Gasteiger partial charge is 0.318 e. The first-order valence-corrected chi connectivity index (χ1v) is 12.6. The lowest BCUT2D eigenvalue weighted by Gasteiger charge is -2.21. The molecule has 1 N–H and O–H groups in total. The number of aromatic nitrogens is 1. The molecule has 0 aliphatic heterocycles. The molecule has 178 valence electrons. The summed E-state index contributed by atoms with van der Waals surface area (Å²) in [6.45, 7) is 3.29. The highest BCUT2D eigenvalue weighted by Crippen LogP contribution is 2.23. The van der Waals surface area contributed by atoms with Crippen molar-refractivity contribution in [2.24, 2.45) is 5.10 Å². The number of aryl methyl sites for hydroxylation is 1. The number of nitro benzene ring substituents is 1. The monoisotopic (exact) mass is 547 g/mol. The second-order valence-electron chi connectivity index (χ2n) is 7.48. The summed E-state index contributed by atoms with van der Waals surface area (Å²) < 4.78 is 28.2. The van der Waals surface area contributed by atoms with Gasteiger partial charge in [0.25, 0.3) is 11.6 Å². The van der Waals surface area contributed by atoms with Crippen LogP contribution in [0.1, 0.15) is 17.0 Å². The third kappa shape index (κ3) is 5.88. The van der Waals surface area contributed by atoms with Crippen LogP contribution >= 0.6 is 15.9 Å². The second-order valence-corrected chi connectivity index (χ2v) is 10.3. The number of amides is 1. The van der Waals surface area contributed by atoms with Crippen LogP contribution in [-0.4, -0.2) is 42.8 Å². The first-order chi connectivity index (χ1) is 16.0. The van der Waals surface area contributed by atoms with Crippen LogP contribution in [0.3, 0.4) is 0 Å². The van der Waals surface area contributed by atoms with Gasteiger partial charge in [-0.3, -0.25) is 19.2 Å². The van der Waals surface area contributed by atoms with Crippen LogP contribution < -0.4 is 9.73 Å². The maximum absolute atomic E-state index is 12.4. The molecule has 1 aromatic heterocycles. The van der Waals surface area contributed by atoms with Gasteiger partial charge < -0.3 is 4.57 Å². The van der Waals surface area contributed by atoms with Crippen molar-refractivity contribution in [2.45, 2.75) is 13.8 Å². The van der Waals surface area contributed by atoms with Gasteiger partial charge in [0.1, 0.15) is 6.54 Å². The van der Waals surface area contributed by atoms with Crippen molar-refractivity contribution >= 4 is 49.4 Å².